The van der Waals surface area contributed by atoms with E-state index in [1.807, 2.05) is 91.0 Å². The number of likely N-dealkylation sites (N-methyl/N-ethyl adjacent to an activating group) is 1. The minimum atomic E-state index is -2.53. The number of aliphatic hydroxyl groups is 1. The summed E-state index contributed by atoms with van der Waals surface area (Å²) in [5.74, 6) is -0.0648. The van der Waals surface area contributed by atoms with Crippen LogP contribution in [0.25, 0.3) is 0 Å². The Morgan fingerprint density at radius 1 is 0.981 bits per heavy atom. The molecule has 1 N–H and O–H groups in total. The summed E-state index contributed by atoms with van der Waals surface area (Å²) in [5.41, 5.74) is 3.09. The van der Waals surface area contributed by atoms with E-state index in [1.54, 1.807) is 24.0 Å². The molecule has 0 unspecified atom stereocenters. The molecule has 3 aliphatic rings. The van der Waals surface area contributed by atoms with Crippen molar-refractivity contribution in [1.82, 2.24) is 4.90 Å². The third-order valence-corrected chi connectivity index (χ3v) is 16.0. The first-order valence-electron chi connectivity index (χ1n) is 18.6. The van der Waals surface area contributed by atoms with Gasteiger partial charge in [-0.25, -0.2) is 5.01 Å². The van der Waals surface area contributed by atoms with Crippen molar-refractivity contribution >= 4 is 48.1 Å². The van der Waals surface area contributed by atoms with Crippen LogP contribution < -0.4 is 19.8 Å². The van der Waals surface area contributed by atoms with Crippen LogP contribution in [0.5, 0.6) is 5.75 Å². The molecule has 3 heterocycles. The van der Waals surface area contributed by atoms with E-state index < -0.39 is 19.8 Å². The van der Waals surface area contributed by atoms with E-state index in [1.165, 1.54) is 5.01 Å². The molecule has 1 saturated heterocycles. The van der Waals surface area contributed by atoms with Crippen molar-refractivity contribution in [3.05, 3.63) is 120 Å². The second-order valence-electron chi connectivity index (χ2n) is 15.1. The topological polar surface area (TPSA) is 112 Å². The minimum Gasteiger partial charge on any atom is -0.497 e. The van der Waals surface area contributed by atoms with Crippen molar-refractivity contribution in [3.8, 4) is 5.75 Å². The van der Waals surface area contributed by atoms with E-state index in [0.29, 0.717) is 36.3 Å². The van der Waals surface area contributed by atoms with E-state index >= 15 is 0 Å². The van der Waals surface area contributed by atoms with Crippen molar-refractivity contribution in [1.29, 1.82) is 0 Å². The highest BCUT2D eigenvalue weighted by Gasteiger charge is 2.66. The van der Waals surface area contributed by atoms with Crippen LogP contribution in [0.1, 0.15) is 42.9 Å². The Morgan fingerprint density at radius 3 is 2.33 bits per heavy atom. The van der Waals surface area contributed by atoms with Gasteiger partial charge >= 0.3 is 0 Å². The Balaban J connectivity index is 1.30. The summed E-state index contributed by atoms with van der Waals surface area (Å²) >= 11 is 0. The standard InChI is InChI=1S/C43H48N4O6Si/c1-29-41(54(4,5)34-19-17-33(52-3)18-20-34)38(27-40(50)46(24-25-48)28-30-12-8-6-9-13-30)53-43(29)35-26-32(16-22-37(35)45(2)42(43)51)47-39(49)23-21-36(44-47)31-14-10-7-11-15-31/h6-20,22,26,29,38,41,48H,21,23-25,27-28H2,1-5H3/t29-,38+,41-,43+/m1/s1. The molecule has 0 bridgehead atoms. The highest BCUT2D eigenvalue weighted by Crippen LogP contribution is 2.60. The van der Waals surface area contributed by atoms with Gasteiger partial charge in [-0.1, -0.05) is 98.0 Å². The lowest BCUT2D eigenvalue weighted by molar-refractivity contribution is -0.149. The van der Waals surface area contributed by atoms with E-state index in [0.717, 1.165) is 27.8 Å². The molecule has 280 valence electrons. The maximum atomic E-state index is 14.8. The summed E-state index contributed by atoms with van der Waals surface area (Å²) in [6, 6.07) is 33.3. The number of aliphatic hydroxyl groups excluding tert-OH is 1. The maximum absolute atomic E-state index is 14.8. The van der Waals surface area contributed by atoms with Gasteiger partial charge in [-0.15, -0.1) is 0 Å². The number of hydrogen-bond donors (Lipinski definition) is 1. The number of rotatable bonds is 11. The molecule has 3 aliphatic heterocycles. The average Bonchev–Trinajstić information content (AvgIpc) is 3.60. The molecule has 0 saturated carbocycles. The number of nitrogens with zero attached hydrogens (tertiary/aromatic N) is 4. The number of anilines is 2. The molecule has 54 heavy (non-hydrogen) atoms. The molecule has 4 aromatic rings. The van der Waals surface area contributed by atoms with Gasteiger partial charge in [0, 0.05) is 44.5 Å². The SMILES string of the molecule is COc1ccc([Si](C)(C)[C@H]2[C@H](CC(=O)N(CCO)Cc3ccccc3)O[C@@]3(C(=O)N(C)c4ccc(N5N=C(c6ccccc6)CCC5=O)cc43)[C@@H]2C)cc1. The summed E-state index contributed by atoms with van der Waals surface area (Å²) in [6.07, 6.45) is 0.273. The number of hydrogen-bond acceptors (Lipinski definition) is 7. The Hall–Kier alpha value is -5.10. The predicted molar refractivity (Wildman–Crippen MR) is 213 cm³/mol. The first kappa shape index (κ1) is 37.2. The fourth-order valence-electron chi connectivity index (χ4n) is 8.85. The van der Waals surface area contributed by atoms with E-state index in [9.17, 15) is 19.5 Å². The molecule has 0 aromatic heterocycles. The number of benzene rings is 4. The summed E-state index contributed by atoms with van der Waals surface area (Å²) in [4.78, 5) is 45.8. The van der Waals surface area contributed by atoms with Crippen LogP contribution in [0.2, 0.25) is 18.6 Å². The molecular formula is C43H48N4O6Si. The molecule has 11 heteroatoms. The van der Waals surface area contributed by atoms with Gasteiger partial charge in [-0.05, 0) is 47.0 Å². The third kappa shape index (κ3) is 6.54. The molecule has 1 spiro atoms. The highest BCUT2D eigenvalue weighted by atomic mass is 28.3. The van der Waals surface area contributed by atoms with E-state index in [2.05, 4.69) is 32.2 Å². The van der Waals surface area contributed by atoms with Gasteiger partial charge in [0.15, 0.2) is 5.60 Å². The Morgan fingerprint density at radius 2 is 1.67 bits per heavy atom. The number of carbonyl (C=O) groups is 3. The lowest BCUT2D eigenvalue weighted by Gasteiger charge is -2.37. The first-order valence-corrected chi connectivity index (χ1v) is 21.7. The van der Waals surface area contributed by atoms with Crippen LogP contribution >= 0.6 is 0 Å². The number of carbonyl (C=O) groups excluding carboxylic acids is 3. The van der Waals surface area contributed by atoms with Gasteiger partial charge in [-0.3, -0.25) is 14.4 Å². The summed E-state index contributed by atoms with van der Waals surface area (Å²) in [6.45, 7) is 6.97. The van der Waals surface area contributed by atoms with Gasteiger partial charge in [-0.2, -0.15) is 5.10 Å². The van der Waals surface area contributed by atoms with Crippen LogP contribution in [0.4, 0.5) is 11.4 Å². The van der Waals surface area contributed by atoms with Crippen molar-refractivity contribution in [2.45, 2.75) is 63.1 Å². The number of ether oxygens (including phenoxy) is 2. The molecular weight excluding hydrogens is 697 g/mol. The molecule has 10 nitrogen and oxygen atoms in total. The first-order chi connectivity index (χ1) is 26.0. The van der Waals surface area contributed by atoms with Crippen molar-refractivity contribution in [3.63, 3.8) is 0 Å². The number of hydrazone groups is 1. The average molecular weight is 745 g/mol. The second-order valence-corrected chi connectivity index (χ2v) is 19.8. The molecule has 3 amide bonds. The quantitative estimate of drug-likeness (QED) is 0.194. The summed E-state index contributed by atoms with van der Waals surface area (Å²) < 4.78 is 12.6. The highest BCUT2D eigenvalue weighted by molar-refractivity contribution is 6.91. The molecule has 0 radical (unpaired) electrons. The van der Waals surface area contributed by atoms with Gasteiger partial charge in [0.05, 0.1) is 51.4 Å². The fourth-order valence-corrected chi connectivity index (χ4v) is 12.9. The second kappa shape index (κ2) is 15.0. The lowest BCUT2D eigenvalue weighted by atomic mass is 9.82. The van der Waals surface area contributed by atoms with Gasteiger partial charge < -0.3 is 24.4 Å². The van der Waals surface area contributed by atoms with Crippen LogP contribution in [-0.2, 0) is 31.3 Å². The van der Waals surface area contributed by atoms with Gasteiger partial charge in [0.1, 0.15) is 5.75 Å². The van der Waals surface area contributed by atoms with E-state index in [4.69, 9.17) is 14.6 Å². The fraction of sp³-hybridized carbons (Fsp3) is 0.349. The Bertz CT molecular complexity index is 2060. The maximum Gasteiger partial charge on any atom is 0.264 e. The monoisotopic (exact) mass is 744 g/mol. The zero-order valence-corrected chi connectivity index (χ0v) is 32.6. The molecule has 4 aromatic carbocycles. The minimum absolute atomic E-state index is 0.0392. The largest absolute Gasteiger partial charge is 0.497 e. The summed E-state index contributed by atoms with van der Waals surface area (Å²) in [5, 5.41) is 17.4. The Kier molecular flexibility index (Phi) is 10.3. The molecule has 4 atom stereocenters. The summed E-state index contributed by atoms with van der Waals surface area (Å²) in [7, 11) is 0.867. The van der Waals surface area contributed by atoms with Gasteiger partial charge in [0.2, 0.25) is 11.8 Å². The molecule has 7 rings (SSSR count). The smallest absolute Gasteiger partial charge is 0.264 e. The van der Waals surface area contributed by atoms with Crippen LogP contribution in [0.15, 0.2) is 108 Å². The third-order valence-electron chi connectivity index (χ3n) is 11.6. The van der Waals surface area contributed by atoms with Crippen LogP contribution in [0, 0.1) is 5.92 Å². The van der Waals surface area contributed by atoms with Crippen molar-refractivity contribution in [2.24, 2.45) is 11.0 Å². The molecule has 0 aliphatic carbocycles. The molecule has 1 fully saturated rings. The zero-order chi connectivity index (χ0) is 38.2. The van der Waals surface area contributed by atoms with Gasteiger partial charge in [0.25, 0.3) is 5.91 Å². The van der Waals surface area contributed by atoms with E-state index in [-0.39, 0.29) is 48.8 Å². The number of amides is 3. The Labute approximate surface area is 318 Å². The number of methoxy groups -OCH3 is 1. The lowest BCUT2D eigenvalue weighted by Crippen LogP contribution is -2.52. The van der Waals surface area contributed by atoms with Crippen LogP contribution in [-0.4, -0.2) is 74.9 Å². The van der Waals surface area contributed by atoms with Crippen molar-refractivity contribution in [2.75, 3.05) is 37.2 Å². The predicted octanol–water partition coefficient (Wildman–Crippen LogP) is 5.83. The van der Waals surface area contributed by atoms with Crippen LogP contribution in [0.3, 0.4) is 0 Å². The van der Waals surface area contributed by atoms with Crippen molar-refractivity contribution < 1.29 is 29.0 Å². The number of fused-ring (bicyclic) bond motifs is 2. The zero-order valence-electron chi connectivity index (χ0n) is 31.6. The normalized spacial score (nSPS) is 22.4.